The Labute approximate surface area is 192 Å². The van der Waals surface area contributed by atoms with Crippen molar-refractivity contribution in [3.63, 3.8) is 0 Å². The first kappa shape index (κ1) is 25.5. The van der Waals surface area contributed by atoms with Crippen molar-refractivity contribution in [2.45, 2.75) is 71.8 Å². The molecule has 0 N–H and O–H groups in total. The van der Waals surface area contributed by atoms with Crippen LogP contribution in [-0.4, -0.2) is 59.4 Å². The summed E-state index contributed by atoms with van der Waals surface area (Å²) in [5, 5.41) is 0. The monoisotopic (exact) mass is 444 g/mol. The molecule has 0 bridgehead atoms. The molecule has 2 amide bonds. The highest BCUT2D eigenvalue weighted by Crippen LogP contribution is 2.26. The van der Waals surface area contributed by atoms with Gasteiger partial charge in [-0.3, -0.25) is 4.90 Å². The third-order valence-corrected chi connectivity index (χ3v) is 4.85. The van der Waals surface area contributed by atoms with Crippen molar-refractivity contribution in [3.8, 4) is 18.1 Å². The molecule has 1 aromatic rings. The molecule has 0 aromatic heterocycles. The molecule has 1 fully saturated rings. The van der Waals surface area contributed by atoms with Gasteiger partial charge in [-0.15, -0.1) is 12.3 Å². The molecule has 7 heteroatoms. The molecular weight excluding hydrogens is 408 g/mol. The lowest BCUT2D eigenvalue weighted by molar-refractivity contribution is -0.0177. The Kier molecular flexibility index (Phi) is 8.19. The molecule has 176 valence electrons. The van der Waals surface area contributed by atoms with Crippen LogP contribution in [0.1, 0.15) is 53.5 Å². The second-order valence-corrected chi connectivity index (χ2v) is 10.1. The predicted octanol–water partition coefficient (Wildman–Crippen LogP) is 4.69. The molecular formula is C25H36N2O5. The number of piperidine rings is 1. The number of hydrogen-bond donors (Lipinski definition) is 0. The molecule has 1 aliphatic rings. The Morgan fingerprint density at radius 1 is 1.03 bits per heavy atom. The molecule has 0 spiro atoms. The fraction of sp³-hybridized carbons (Fsp3) is 0.600. The zero-order valence-corrected chi connectivity index (χ0v) is 20.3. The van der Waals surface area contributed by atoms with Crippen molar-refractivity contribution in [2.24, 2.45) is 5.92 Å². The number of hydrogen-bond acceptors (Lipinski definition) is 6. The van der Waals surface area contributed by atoms with E-state index in [1.165, 1.54) is 0 Å². The van der Waals surface area contributed by atoms with Gasteiger partial charge in [-0.2, -0.15) is 0 Å². The molecule has 1 aromatic carbocycles. The SMILES string of the molecule is C#C[C@@H]1C[C@H](N(C(=O)OC(C)(C)C)C(=O)OC(C)(C)C)CN(Cc2ccc(OC)cc2)C1. The van der Waals surface area contributed by atoms with Crippen molar-refractivity contribution in [3.05, 3.63) is 29.8 Å². The molecule has 0 aliphatic carbocycles. The van der Waals surface area contributed by atoms with Gasteiger partial charge in [0.25, 0.3) is 0 Å². The summed E-state index contributed by atoms with van der Waals surface area (Å²) in [6.45, 7) is 12.4. The van der Waals surface area contributed by atoms with E-state index in [0.717, 1.165) is 16.2 Å². The average molecular weight is 445 g/mol. The van der Waals surface area contributed by atoms with E-state index in [4.69, 9.17) is 20.6 Å². The predicted molar refractivity (Wildman–Crippen MR) is 123 cm³/mol. The normalized spacial score (nSPS) is 19.6. The summed E-state index contributed by atoms with van der Waals surface area (Å²) in [6.07, 6.45) is 4.82. The van der Waals surface area contributed by atoms with Gasteiger partial charge in [0, 0.05) is 25.6 Å². The quantitative estimate of drug-likeness (QED) is 0.628. The van der Waals surface area contributed by atoms with Gasteiger partial charge in [-0.1, -0.05) is 12.1 Å². The van der Waals surface area contributed by atoms with E-state index in [1.807, 2.05) is 24.3 Å². The van der Waals surface area contributed by atoms with Crippen molar-refractivity contribution in [1.82, 2.24) is 9.80 Å². The smallest absolute Gasteiger partial charge is 0.420 e. The maximum atomic E-state index is 13.0. The van der Waals surface area contributed by atoms with Crippen LogP contribution in [0, 0.1) is 18.3 Å². The Balaban J connectivity index is 2.27. The number of likely N-dealkylation sites (tertiary alicyclic amines) is 1. The molecule has 1 aliphatic heterocycles. The maximum absolute atomic E-state index is 13.0. The van der Waals surface area contributed by atoms with Crippen LogP contribution in [0.25, 0.3) is 0 Å². The van der Waals surface area contributed by atoms with E-state index in [1.54, 1.807) is 48.7 Å². The van der Waals surface area contributed by atoms with E-state index in [9.17, 15) is 9.59 Å². The fourth-order valence-electron chi connectivity index (χ4n) is 3.58. The minimum absolute atomic E-state index is 0.112. The summed E-state index contributed by atoms with van der Waals surface area (Å²) < 4.78 is 16.3. The Morgan fingerprint density at radius 2 is 1.56 bits per heavy atom. The highest BCUT2D eigenvalue weighted by atomic mass is 16.6. The van der Waals surface area contributed by atoms with Crippen molar-refractivity contribution in [1.29, 1.82) is 0 Å². The lowest BCUT2D eigenvalue weighted by Gasteiger charge is -2.41. The minimum atomic E-state index is -0.750. The van der Waals surface area contributed by atoms with E-state index in [2.05, 4.69) is 10.8 Å². The van der Waals surface area contributed by atoms with Crippen molar-refractivity contribution < 1.29 is 23.8 Å². The number of rotatable bonds is 4. The molecule has 32 heavy (non-hydrogen) atoms. The topological polar surface area (TPSA) is 68.3 Å². The molecule has 0 saturated carbocycles. The van der Waals surface area contributed by atoms with Crippen molar-refractivity contribution >= 4 is 12.2 Å². The van der Waals surface area contributed by atoms with Crippen LogP contribution in [0.15, 0.2) is 24.3 Å². The van der Waals surface area contributed by atoms with Crippen LogP contribution < -0.4 is 4.74 Å². The van der Waals surface area contributed by atoms with Gasteiger partial charge in [0.2, 0.25) is 0 Å². The standard InChI is InChI=1S/C25H36N2O5/c1-9-18-14-20(17-26(15-18)16-19-10-12-21(30-8)13-11-19)27(22(28)31-24(2,3)4)23(29)32-25(5,6)7/h1,10-13,18,20H,14-17H2,2-8H3/t18-,20+/m1/s1. The first-order valence-electron chi connectivity index (χ1n) is 10.9. The highest BCUT2D eigenvalue weighted by Gasteiger charge is 2.40. The van der Waals surface area contributed by atoms with Gasteiger partial charge < -0.3 is 14.2 Å². The molecule has 7 nitrogen and oxygen atoms in total. The van der Waals surface area contributed by atoms with Crippen LogP contribution in [0.5, 0.6) is 5.75 Å². The second-order valence-electron chi connectivity index (χ2n) is 10.1. The fourth-order valence-corrected chi connectivity index (χ4v) is 3.58. The summed E-state index contributed by atoms with van der Waals surface area (Å²) >= 11 is 0. The number of amides is 2. The lowest BCUT2D eigenvalue weighted by atomic mass is 9.93. The average Bonchev–Trinajstić information content (AvgIpc) is 2.65. The van der Waals surface area contributed by atoms with E-state index >= 15 is 0 Å². The summed E-state index contributed by atoms with van der Waals surface area (Å²) in [5.74, 6) is 3.48. The number of carbonyl (C=O) groups is 2. The third kappa shape index (κ3) is 7.76. The molecule has 1 heterocycles. The van der Waals surface area contributed by atoms with E-state index in [-0.39, 0.29) is 5.92 Å². The minimum Gasteiger partial charge on any atom is -0.497 e. The van der Waals surface area contributed by atoms with Gasteiger partial charge in [0.05, 0.1) is 13.2 Å². The van der Waals surface area contributed by atoms with Crippen LogP contribution in [0.3, 0.4) is 0 Å². The van der Waals surface area contributed by atoms with Crippen LogP contribution >= 0.6 is 0 Å². The van der Waals surface area contributed by atoms with E-state index in [0.29, 0.717) is 26.1 Å². The second kappa shape index (κ2) is 10.3. The van der Waals surface area contributed by atoms with E-state index < -0.39 is 29.4 Å². The summed E-state index contributed by atoms with van der Waals surface area (Å²) in [5.41, 5.74) is -0.413. The van der Waals surface area contributed by atoms with Gasteiger partial charge >= 0.3 is 12.2 Å². The zero-order chi connectivity index (χ0) is 24.1. The first-order chi connectivity index (χ1) is 14.8. The first-order valence-corrected chi connectivity index (χ1v) is 10.9. The summed E-state index contributed by atoms with van der Waals surface area (Å²) in [7, 11) is 1.63. The van der Waals surface area contributed by atoms with Crippen LogP contribution in [-0.2, 0) is 16.0 Å². The van der Waals surface area contributed by atoms with Crippen LogP contribution in [0.4, 0.5) is 9.59 Å². The number of carbonyl (C=O) groups excluding carboxylic acids is 2. The number of ether oxygens (including phenoxy) is 3. The Morgan fingerprint density at radius 3 is 2.00 bits per heavy atom. The summed E-state index contributed by atoms with van der Waals surface area (Å²) in [6, 6.07) is 7.33. The van der Waals surface area contributed by atoms with Crippen molar-refractivity contribution in [2.75, 3.05) is 20.2 Å². The lowest BCUT2D eigenvalue weighted by Crippen LogP contribution is -2.56. The molecule has 0 radical (unpaired) electrons. The van der Waals surface area contributed by atoms with Gasteiger partial charge in [0.1, 0.15) is 17.0 Å². The Bertz CT molecular complexity index is 802. The third-order valence-electron chi connectivity index (χ3n) is 4.85. The number of nitrogens with zero attached hydrogens (tertiary/aromatic N) is 2. The number of benzene rings is 1. The number of imide groups is 1. The van der Waals surface area contributed by atoms with Crippen LogP contribution in [0.2, 0.25) is 0 Å². The van der Waals surface area contributed by atoms with Gasteiger partial charge in [-0.05, 0) is 65.7 Å². The molecule has 0 unspecified atom stereocenters. The molecule has 2 atom stereocenters. The number of terminal acetylenes is 1. The number of methoxy groups -OCH3 is 1. The maximum Gasteiger partial charge on any atom is 0.420 e. The largest absolute Gasteiger partial charge is 0.497 e. The Hall–Kier alpha value is -2.72. The highest BCUT2D eigenvalue weighted by molar-refractivity contribution is 5.88. The van der Waals surface area contributed by atoms with Gasteiger partial charge in [0.15, 0.2) is 0 Å². The molecule has 1 saturated heterocycles. The zero-order valence-electron chi connectivity index (χ0n) is 20.3. The van der Waals surface area contributed by atoms with Gasteiger partial charge in [-0.25, -0.2) is 14.5 Å². The molecule has 2 rings (SSSR count). The summed E-state index contributed by atoms with van der Waals surface area (Å²) in [4.78, 5) is 29.3.